The molecule has 0 aliphatic heterocycles. The molecule has 0 N–H and O–H groups in total. The molecule has 1 radical (unpaired) electrons. The molecule has 0 bridgehead atoms. The molecule has 91 valence electrons. The molecule has 0 atom stereocenters. The fraction of sp³-hybridized carbons (Fsp3) is 1.00. The molecule has 0 heterocycles. The van der Waals surface area contributed by atoms with Crippen LogP contribution in [0.25, 0.3) is 0 Å². The number of rotatable bonds is 8. The van der Waals surface area contributed by atoms with Gasteiger partial charge >= 0.3 is 0 Å². The van der Waals surface area contributed by atoms with Crippen molar-refractivity contribution in [2.75, 3.05) is 0 Å². The van der Waals surface area contributed by atoms with E-state index in [1.807, 2.05) is 0 Å². The van der Waals surface area contributed by atoms with Gasteiger partial charge in [0, 0.05) is 0 Å². The number of hydrogen-bond donors (Lipinski definition) is 0. The first kappa shape index (κ1) is 15.2. The lowest BCUT2D eigenvalue weighted by molar-refractivity contribution is 0.681. The molecule has 15 heavy (non-hydrogen) atoms. The van der Waals surface area contributed by atoms with Gasteiger partial charge in [-0.1, -0.05) is 85.2 Å². The van der Waals surface area contributed by atoms with Crippen LogP contribution in [0.15, 0.2) is 0 Å². The highest BCUT2D eigenvalue weighted by atomic mass is 28.3. The molecule has 0 aliphatic carbocycles. The van der Waals surface area contributed by atoms with E-state index in [4.69, 9.17) is 0 Å². The van der Waals surface area contributed by atoms with E-state index in [1.165, 1.54) is 38.5 Å². The third-order valence-corrected chi connectivity index (χ3v) is 7.26. The van der Waals surface area contributed by atoms with Gasteiger partial charge in [-0.05, 0) is 5.04 Å². The third kappa shape index (κ3) is 8.07. The molecule has 0 unspecified atom stereocenters. The quantitative estimate of drug-likeness (QED) is 0.371. The van der Waals surface area contributed by atoms with Gasteiger partial charge in [-0.3, -0.25) is 0 Å². The Morgan fingerprint density at radius 3 is 1.40 bits per heavy atom. The predicted molar refractivity (Wildman–Crippen MR) is 74.1 cm³/mol. The molecule has 0 aliphatic rings. The topological polar surface area (TPSA) is 0 Å². The molecule has 0 rings (SSSR count). The van der Waals surface area contributed by atoms with Gasteiger partial charge in [0.25, 0.3) is 0 Å². The van der Waals surface area contributed by atoms with Crippen molar-refractivity contribution in [2.24, 2.45) is 0 Å². The van der Waals surface area contributed by atoms with Crippen LogP contribution < -0.4 is 0 Å². The van der Waals surface area contributed by atoms with E-state index in [1.54, 1.807) is 12.1 Å². The average molecular weight is 227 g/mol. The summed E-state index contributed by atoms with van der Waals surface area (Å²) in [5, 5.41) is 0.617. The van der Waals surface area contributed by atoms with Gasteiger partial charge in [-0.25, -0.2) is 0 Å². The van der Waals surface area contributed by atoms with Crippen LogP contribution in [0, 0.1) is 0 Å². The Bertz CT molecular complexity index is 125. The van der Waals surface area contributed by atoms with Gasteiger partial charge in [0.15, 0.2) is 0 Å². The lowest BCUT2D eigenvalue weighted by Crippen LogP contribution is -2.25. The standard InChI is InChI=1S/C14H31Si/c1-6-8-10-12-15(14(3,4)5)13-11-9-7-2/h6-13H2,1-5H3. The highest BCUT2D eigenvalue weighted by molar-refractivity contribution is 6.62. The lowest BCUT2D eigenvalue weighted by Gasteiger charge is -2.29. The summed E-state index contributed by atoms with van der Waals surface area (Å²) in [6, 6.07) is 3.09. The van der Waals surface area contributed by atoms with E-state index in [2.05, 4.69) is 34.6 Å². The Hall–Kier alpha value is 0.217. The third-order valence-electron chi connectivity index (χ3n) is 3.22. The number of unbranched alkanes of at least 4 members (excludes halogenated alkanes) is 4. The zero-order chi connectivity index (χ0) is 11.7. The van der Waals surface area contributed by atoms with Crippen LogP contribution >= 0.6 is 0 Å². The number of hydrogen-bond acceptors (Lipinski definition) is 0. The van der Waals surface area contributed by atoms with Crippen molar-refractivity contribution in [2.45, 2.75) is 90.3 Å². The van der Waals surface area contributed by atoms with Crippen LogP contribution in [0.4, 0.5) is 0 Å². The fourth-order valence-corrected chi connectivity index (χ4v) is 5.16. The Morgan fingerprint density at radius 2 is 1.13 bits per heavy atom. The fourth-order valence-electron chi connectivity index (χ4n) is 2.05. The monoisotopic (exact) mass is 227 g/mol. The summed E-state index contributed by atoms with van der Waals surface area (Å²) >= 11 is 0. The van der Waals surface area contributed by atoms with E-state index in [-0.39, 0.29) is 8.80 Å². The van der Waals surface area contributed by atoms with Crippen molar-refractivity contribution < 1.29 is 0 Å². The lowest BCUT2D eigenvalue weighted by atomic mass is 10.2. The average Bonchev–Trinajstić information content (AvgIpc) is 2.14. The first-order valence-electron chi connectivity index (χ1n) is 6.87. The summed E-state index contributed by atoms with van der Waals surface area (Å²) in [5.41, 5.74) is 0. The summed E-state index contributed by atoms with van der Waals surface area (Å²) in [5.74, 6) is 0. The molecule has 0 saturated heterocycles. The summed E-state index contributed by atoms with van der Waals surface area (Å²) < 4.78 is 0. The molecule has 0 saturated carbocycles. The molecule has 0 nitrogen and oxygen atoms in total. The van der Waals surface area contributed by atoms with Crippen LogP contribution in [0.2, 0.25) is 17.1 Å². The molecule has 0 aromatic carbocycles. The largest absolute Gasteiger partial charge is 0.0654 e. The van der Waals surface area contributed by atoms with Crippen molar-refractivity contribution in [1.29, 1.82) is 0 Å². The molecule has 1 heteroatoms. The van der Waals surface area contributed by atoms with Crippen molar-refractivity contribution in [3.05, 3.63) is 0 Å². The van der Waals surface area contributed by atoms with Crippen molar-refractivity contribution in [3.63, 3.8) is 0 Å². The van der Waals surface area contributed by atoms with Gasteiger partial charge in [-0.15, -0.1) is 0 Å². The maximum atomic E-state index is 2.46. The first-order chi connectivity index (χ1) is 7.02. The van der Waals surface area contributed by atoms with E-state index in [9.17, 15) is 0 Å². The summed E-state index contributed by atoms with van der Waals surface area (Å²) in [6.07, 6.45) is 8.58. The smallest absolute Gasteiger partial charge is 0.0537 e. The molecular weight excluding hydrogens is 196 g/mol. The molecule has 0 fully saturated rings. The molecule has 0 aromatic heterocycles. The van der Waals surface area contributed by atoms with Crippen LogP contribution in [0.3, 0.4) is 0 Å². The predicted octanol–water partition coefficient (Wildman–Crippen LogP) is 5.66. The maximum absolute atomic E-state index is 2.46. The van der Waals surface area contributed by atoms with Crippen molar-refractivity contribution in [3.8, 4) is 0 Å². The normalized spacial score (nSPS) is 12.4. The SMILES string of the molecule is CCCCC[Si](CCCCC)C(C)(C)C. The van der Waals surface area contributed by atoms with Gasteiger partial charge < -0.3 is 0 Å². The second-order valence-electron chi connectivity index (χ2n) is 5.77. The Kier molecular flexibility index (Phi) is 8.50. The summed E-state index contributed by atoms with van der Waals surface area (Å²) in [4.78, 5) is 0. The Morgan fingerprint density at radius 1 is 0.733 bits per heavy atom. The van der Waals surface area contributed by atoms with Crippen LogP contribution in [0.5, 0.6) is 0 Å². The van der Waals surface area contributed by atoms with Crippen LogP contribution in [-0.4, -0.2) is 8.80 Å². The van der Waals surface area contributed by atoms with Crippen LogP contribution in [0.1, 0.15) is 73.1 Å². The van der Waals surface area contributed by atoms with Gasteiger partial charge in [0.2, 0.25) is 0 Å². The van der Waals surface area contributed by atoms with Gasteiger partial charge in [0.1, 0.15) is 0 Å². The van der Waals surface area contributed by atoms with E-state index < -0.39 is 0 Å². The van der Waals surface area contributed by atoms with Gasteiger partial charge in [-0.2, -0.15) is 0 Å². The second-order valence-corrected chi connectivity index (χ2v) is 9.47. The first-order valence-corrected chi connectivity index (χ1v) is 8.79. The minimum absolute atomic E-state index is 0.105. The Labute approximate surface area is 99.5 Å². The second kappa shape index (κ2) is 8.38. The highest BCUT2D eigenvalue weighted by Gasteiger charge is 2.25. The minimum atomic E-state index is -0.105. The zero-order valence-electron chi connectivity index (χ0n) is 11.7. The van der Waals surface area contributed by atoms with E-state index in [0.29, 0.717) is 5.04 Å². The van der Waals surface area contributed by atoms with E-state index in [0.717, 1.165) is 0 Å². The van der Waals surface area contributed by atoms with Crippen molar-refractivity contribution in [1.82, 2.24) is 0 Å². The molecule has 0 aromatic rings. The van der Waals surface area contributed by atoms with Crippen molar-refractivity contribution >= 4 is 8.80 Å². The summed E-state index contributed by atoms with van der Waals surface area (Å²) in [7, 11) is -0.105. The Balaban J connectivity index is 3.85. The molecule has 0 amide bonds. The molecule has 0 spiro atoms. The minimum Gasteiger partial charge on any atom is -0.0654 e. The maximum Gasteiger partial charge on any atom is 0.0537 e. The highest BCUT2D eigenvalue weighted by Crippen LogP contribution is 2.34. The van der Waals surface area contributed by atoms with E-state index >= 15 is 0 Å². The summed E-state index contributed by atoms with van der Waals surface area (Å²) in [6.45, 7) is 12.0. The van der Waals surface area contributed by atoms with Gasteiger partial charge in [0.05, 0.1) is 8.80 Å². The zero-order valence-corrected chi connectivity index (χ0v) is 12.7. The van der Waals surface area contributed by atoms with Crippen LogP contribution in [-0.2, 0) is 0 Å². The molecular formula is C14H31Si.